The molecule has 0 unspecified atom stereocenters. The molecule has 8 heteroatoms. The first-order chi connectivity index (χ1) is 9.79. The minimum atomic E-state index is -3.91. The van der Waals surface area contributed by atoms with E-state index in [1.165, 1.54) is 36.4 Å². The van der Waals surface area contributed by atoms with Crippen LogP contribution < -0.4 is 4.72 Å². The summed E-state index contributed by atoms with van der Waals surface area (Å²) in [6.07, 6.45) is 0. The zero-order chi connectivity index (χ0) is 15.6. The molecule has 2 aromatic rings. The number of sulfonamides is 1. The number of hydrogen-bond donors (Lipinski definition) is 3. The standard InChI is InChI=1S/C13H10BrNO5S/c14-12-6-5-10(7-11(12)13(17)18)21(19,20)15-8-1-3-9(16)4-2-8/h1-7,15-16H,(H,17,18). The van der Waals surface area contributed by atoms with Crippen LogP contribution in [-0.4, -0.2) is 24.6 Å². The third-order valence-corrected chi connectivity index (χ3v) is 4.67. The summed E-state index contributed by atoms with van der Waals surface area (Å²) in [6, 6.07) is 9.17. The Labute approximate surface area is 129 Å². The molecule has 2 rings (SSSR count). The van der Waals surface area contributed by atoms with E-state index in [2.05, 4.69) is 20.7 Å². The second-order valence-electron chi connectivity index (χ2n) is 4.10. The first kappa shape index (κ1) is 15.3. The molecule has 0 aliphatic rings. The van der Waals surface area contributed by atoms with E-state index < -0.39 is 16.0 Å². The number of rotatable bonds is 4. The Balaban J connectivity index is 2.38. The highest BCUT2D eigenvalue weighted by Crippen LogP contribution is 2.23. The van der Waals surface area contributed by atoms with E-state index in [0.717, 1.165) is 6.07 Å². The molecule has 0 radical (unpaired) electrons. The van der Waals surface area contributed by atoms with Crippen LogP contribution >= 0.6 is 15.9 Å². The van der Waals surface area contributed by atoms with Gasteiger partial charge in [-0.25, -0.2) is 13.2 Å². The summed E-state index contributed by atoms with van der Waals surface area (Å²) in [5.41, 5.74) is 0.108. The Morgan fingerprint density at radius 2 is 1.71 bits per heavy atom. The summed E-state index contributed by atoms with van der Waals surface area (Å²) in [5, 5.41) is 18.2. The average molecular weight is 372 g/mol. The Kier molecular flexibility index (Phi) is 4.19. The molecule has 21 heavy (non-hydrogen) atoms. The Morgan fingerprint density at radius 3 is 2.29 bits per heavy atom. The van der Waals surface area contributed by atoms with Gasteiger partial charge in [-0.1, -0.05) is 0 Å². The van der Waals surface area contributed by atoms with E-state index in [0.29, 0.717) is 4.47 Å². The van der Waals surface area contributed by atoms with Crippen molar-refractivity contribution in [3.63, 3.8) is 0 Å². The third kappa shape index (κ3) is 3.53. The number of nitrogens with one attached hydrogen (secondary N) is 1. The lowest BCUT2D eigenvalue weighted by atomic mass is 10.2. The fourth-order valence-electron chi connectivity index (χ4n) is 1.58. The minimum Gasteiger partial charge on any atom is -0.508 e. The summed E-state index contributed by atoms with van der Waals surface area (Å²) < 4.78 is 27.0. The summed E-state index contributed by atoms with van der Waals surface area (Å²) in [5.74, 6) is -1.22. The first-order valence-electron chi connectivity index (χ1n) is 5.64. The summed E-state index contributed by atoms with van der Waals surface area (Å²) in [4.78, 5) is 10.9. The second kappa shape index (κ2) is 5.74. The molecule has 6 nitrogen and oxygen atoms in total. The lowest BCUT2D eigenvalue weighted by molar-refractivity contribution is 0.0695. The molecule has 0 amide bonds. The number of anilines is 1. The number of phenolic OH excluding ortho intramolecular Hbond substituents is 1. The molecule has 0 atom stereocenters. The van der Waals surface area contributed by atoms with Gasteiger partial charge in [-0.05, 0) is 58.4 Å². The summed E-state index contributed by atoms with van der Waals surface area (Å²) >= 11 is 3.05. The van der Waals surface area contributed by atoms with Crippen LogP contribution in [0.2, 0.25) is 0 Å². The number of carbonyl (C=O) groups is 1. The van der Waals surface area contributed by atoms with Crippen molar-refractivity contribution in [3.05, 3.63) is 52.5 Å². The van der Waals surface area contributed by atoms with Gasteiger partial charge in [0.15, 0.2) is 0 Å². The van der Waals surface area contributed by atoms with Crippen LogP contribution in [0.25, 0.3) is 0 Å². The monoisotopic (exact) mass is 371 g/mol. The van der Waals surface area contributed by atoms with Gasteiger partial charge in [-0.15, -0.1) is 0 Å². The molecule has 0 aliphatic heterocycles. The maximum atomic E-state index is 12.2. The van der Waals surface area contributed by atoms with E-state index in [4.69, 9.17) is 10.2 Å². The second-order valence-corrected chi connectivity index (χ2v) is 6.64. The lowest BCUT2D eigenvalue weighted by Gasteiger charge is -2.09. The van der Waals surface area contributed by atoms with Crippen LogP contribution in [0.3, 0.4) is 0 Å². The molecule has 0 bridgehead atoms. The molecular weight excluding hydrogens is 362 g/mol. The van der Waals surface area contributed by atoms with E-state index in [1.807, 2.05) is 0 Å². The molecule has 3 N–H and O–H groups in total. The van der Waals surface area contributed by atoms with Crippen molar-refractivity contribution in [1.29, 1.82) is 0 Å². The van der Waals surface area contributed by atoms with Crippen LogP contribution in [-0.2, 0) is 10.0 Å². The van der Waals surface area contributed by atoms with Crippen molar-refractivity contribution >= 4 is 37.6 Å². The number of carboxylic acids is 1. The van der Waals surface area contributed by atoms with Gasteiger partial charge in [0.2, 0.25) is 0 Å². The van der Waals surface area contributed by atoms with Crippen molar-refractivity contribution in [2.45, 2.75) is 4.90 Å². The highest BCUT2D eigenvalue weighted by Gasteiger charge is 2.18. The van der Waals surface area contributed by atoms with E-state index in [-0.39, 0.29) is 21.9 Å². The van der Waals surface area contributed by atoms with Gasteiger partial charge in [-0.2, -0.15) is 0 Å². The van der Waals surface area contributed by atoms with Crippen molar-refractivity contribution in [1.82, 2.24) is 0 Å². The molecule has 0 heterocycles. The number of carboxylic acid groups (broad SMARTS) is 1. The summed E-state index contributed by atoms with van der Waals surface area (Å²) in [6.45, 7) is 0. The fraction of sp³-hybridized carbons (Fsp3) is 0. The van der Waals surface area contributed by atoms with Crippen molar-refractivity contribution in [2.24, 2.45) is 0 Å². The van der Waals surface area contributed by atoms with E-state index >= 15 is 0 Å². The summed E-state index contributed by atoms with van der Waals surface area (Å²) in [7, 11) is -3.91. The van der Waals surface area contributed by atoms with E-state index in [1.54, 1.807) is 0 Å². The smallest absolute Gasteiger partial charge is 0.336 e. The van der Waals surface area contributed by atoms with Crippen molar-refractivity contribution < 1.29 is 23.4 Å². The fourth-order valence-corrected chi connectivity index (χ4v) is 3.08. The largest absolute Gasteiger partial charge is 0.508 e. The molecular formula is C13H10BrNO5S. The first-order valence-corrected chi connectivity index (χ1v) is 7.92. The Bertz CT molecular complexity index is 787. The predicted molar refractivity (Wildman–Crippen MR) is 80.0 cm³/mol. The number of hydrogen-bond acceptors (Lipinski definition) is 4. The zero-order valence-corrected chi connectivity index (χ0v) is 12.8. The van der Waals surface area contributed by atoms with Crippen LogP contribution in [0.5, 0.6) is 5.75 Å². The minimum absolute atomic E-state index is 0.00903. The van der Waals surface area contributed by atoms with E-state index in [9.17, 15) is 13.2 Å². The molecule has 0 aromatic heterocycles. The maximum absolute atomic E-state index is 12.2. The molecule has 110 valence electrons. The number of halogens is 1. The van der Waals surface area contributed by atoms with Crippen LogP contribution in [0.1, 0.15) is 10.4 Å². The molecule has 0 saturated heterocycles. The average Bonchev–Trinajstić information content (AvgIpc) is 2.41. The van der Waals surface area contributed by atoms with Gasteiger partial charge in [0.25, 0.3) is 10.0 Å². The molecule has 2 aromatic carbocycles. The van der Waals surface area contributed by atoms with Crippen molar-refractivity contribution in [3.8, 4) is 5.75 Å². The highest BCUT2D eigenvalue weighted by atomic mass is 79.9. The molecule has 0 spiro atoms. The number of benzene rings is 2. The lowest BCUT2D eigenvalue weighted by Crippen LogP contribution is -2.13. The number of phenols is 1. The quantitative estimate of drug-likeness (QED) is 0.716. The zero-order valence-electron chi connectivity index (χ0n) is 10.4. The van der Waals surface area contributed by atoms with Gasteiger partial charge in [-0.3, -0.25) is 4.72 Å². The Morgan fingerprint density at radius 1 is 1.10 bits per heavy atom. The predicted octanol–water partition coefficient (Wildman–Crippen LogP) is 2.65. The normalized spacial score (nSPS) is 11.1. The van der Waals surface area contributed by atoms with Gasteiger partial charge in [0, 0.05) is 10.2 Å². The highest BCUT2D eigenvalue weighted by molar-refractivity contribution is 9.10. The van der Waals surface area contributed by atoms with Crippen LogP contribution in [0.15, 0.2) is 51.8 Å². The molecule has 0 saturated carbocycles. The third-order valence-electron chi connectivity index (χ3n) is 2.60. The number of aromatic hydroxyl groups is 1. The van der Waals surface area contributed by atoms with Crippen LogP contribution in [0.4, 0.5) is 5.69 Å². The van der Waals surface area contributed by atoms with Crippen LogP contribution in [0, 0.1) is 0 Å². The van der Waals surface area contributed by atoms with Gasteiger partial charge >= 0.3 is 5.97 Å². The van der Waals surface area contributed by atoms with Gasteiger partial charge < -0.3 is 10.2 Å². The molecule has 0 fully saturated rings. The van der Waals surface area contributed by atoms with Crippen molar-refractivity contribution in [2.75, 3.05) is 4.72 Å². The molecule has 0 aliphatic carbocycles. The van der Waals surface area contributed by atoms with Gasteiger partial charge in [0.05, 0.1) is 10.5 Å². The number of aromatic carboxylic acids is 1. The maximum Gasteiger partial charge on any atom is 0.336 e. The SMILES string of the molecule is O=C(O)c1cc(S(=O)(=O)Nc2ccc(O)cc2)ccc1Br. The topological polar surface area (TPSA) is 104 Å². The van der Waals surface area contributed by atoms with Gasteiger partial charge in [0.1, 0.15) is 5.75 Å². The Hall–Kier alpha value is -2.06.